The van der Waals surface area contributed by atoms with Gasteiger partial charge in [-0.25, -0.2) is 0 Å². The Kier molecular flexibility index (Phi) is 5.51. The Balaban J connectivity index is 2.78. The summed E-state index contributed by atoms with van der Waals surface area (Å²) in [4.78, 5) is 11.3. The van der Waals surface area contributed by atoms with Crippen molar-refractivity contribution in [3.8, 4) is 5.75 Å². The molecule has 1 rings (SSSR count). The molecule has 0 aliphatic carbocycles. The lowest BCUT2D eigenvalue weighted by Crippen LogP contribution is -2.18. The van der Waals surface area contributed by atoms with Crippen LogP contribution in [0.5, 0.6) is 5.75 Å². The molecule has 0 spiro atoms. The van der Waals surface area contributed by atoms with Crippen molar-refractivity contribution in [2.45, 2.75) is 26.0 Å². The SMILES string of the molecule is CCOC(=O)C[C@@H](N)c1ccccc1OC(F)F. The zero-order valence-electron chi connectivity index (χ0n) is 9.94. The van der Waals surface area contributed by atoms with Gasteiger partial charge in [-0.15, -0.1) is 0 Å². The molecule has 0 radical (unpaired) electrons. The first kappa shape index (κ1) is 14.4. The smallest absolute Gasteiger partial charge is 0.387 e. The fourth-order valence-electron chi connectivity index (χ4n) is 1.50. The number of nitrogens with two attached hydrogens (primary N) is 1. The molecule has 0 heterocycles. The predicted molar refractivity (Wildman–Crippen MR) is 61.3 cm³/mol. The second-order valence-corrected chi connectivity index (χ2v) is 3.53. The molecule has 18 heavy (non-hydrogen) atoms. The minimum absolute atomic E-state index is 0.0238. The van der Waals surface area contributed by atoms with Crippen molar-refractivity contribution < 1.29 is 23.0 Å². The summed E-state index contributed by atoms with van der Waals surface area (Å²) in [5.74, 6) is -0.499. The fraction of sp³-hybridized carbons (Fsp3) is 0.417. The average Bonchev–Trinajstić information content (AvgIpc) is 2.28. The molecule has 2 N–H and O–H groups in total. The number of benzene rings is 1. The third kappa shape index (κ3) is 4.29. The summed E-state index contributed by atoms with van der Waals surface area (Å²) in [7, 11) is 0. The monoisotopic (exact) mass is 259 g/mol. The number of hydrogen-bond acceptors (Lipinski definition) is 4. The van der Waals surface area contributed by atoms with E-state index in [1.54, 1.807) is 25.1 Å². The van der Waals surface area contributed by atoms with Crippen LogP contribution in [0.1, 0.15) is 24.9 Å². The van der Waals surface area contributed by atoms with E-state index in [4.69, 9.17) is 10.5 Å². The molecule has 0 aromatic heterocycles. The van der Waals surface area contributed by atoms with Crippen molar-refractivity contribution in [2.24, 2.45) is 5.73 Å². The van der Waals surface area contributed by atoms with Crippen molar-refractivity contribution >= 4 is 5.97 Å². The van der Waals surface area contributed by atoms with Crippen LogP contribution in [0.2, 0.25) is 0 Å². The molecule has 0 saturated heterocycles. The van der Waals surface area contributed by atoms with Crippen molar-refractivity contribution in [3.63, 3.8) is 0 Å². The maximum Gasteiger partial charge on any atom is 0.387 e. The third-order valence-corrected chi connectivity index (χ3v) is 2.23. The Morgan fingerprint density at radius 2 is 2.06 bits per heavy atom. The van der Waals surface area contributed by atoms with Crippen LogP contribution in [0.15, 0.2) is 24.3 Å². The highest BCUT2D eigenvalue weighted by Crippen LogP contribution is 2.27. The Bertz CT molecular complexity index is 399. The number of esters is 1. The van der Waals surface area contributed by atoms with E-state index in [-0.39, 0.29) is 18.8 Å². The van der Waals surface area contributed by atoms with Crippen molar-refractivity contribution in [1.82, 2.24) is 0 Å². The number of hydrogen-bond donors (Lipinski definition) is 1. The Morgan fingerprint density at radius 1 is 1.39 bits per heavy atom. The average molecular weight is 259 g/mol. The topological polar surface area (TPSA) is 61.5 Å². The van der Waals surface area contributed by atoms with Gasteiger partial charge in [0.1, 0.15) is 5.75 Å². The van der Waals surface area contributed by atoms with Gasteiger partial charge in [-0.1, -0.05) is 18.2 Å². The van der Waals surface area contributed by atoms with Crippen LogP contribution in [0.25, 0.3) is 0 Å². The van der Waals surface area contributed by atoms with Crippen molar-refractivity contribution in [1.29, 1.82) is 0 Å². The lowest BCUT2D eigenvalue weighted by Gasteiger charge is -2.15. The maximum absolute atomic E-state index is 12.2. The van der Waals surface area contributed by atoms with Crippen LogP contribution >= 0.6 is 0 Å². The second kappa shape index (κ2) is 6.90. The largest absolute Gasteiger partial charge is 0.466 e. The van der Waals surface area contributed by atoms with Crippen LogP contribution in [-0.2, 0) is 9.53 Å². The summed E-state index contributed by atoms with van der Waals surface area (Å²) < 4.78 is 33.5. The predicted octanol–water partition coefficient (Wildman–Crippen LogP) is 2.24. The summed E-state index contributed by atoms with van der Waals surface area (Å²) in [6.07, 6.45) is -0.0859. The molecule has 0 fully saturated rings. The van der Waals surface area contributed by atoms with Gasteiger partial charge in [0.05, 0.1) is 13.0 Å². The van der Waals surface area contributed by atoms with Gasteiger partial charge in [-0.05, 0) is 13.0 Å². The summed E-state index contributed by atoms with van der Waals surface area (Å²) in [6.45, 7) is -1.00. The number of para-hydroxylation sites is 1. The van der Waals surface area contributed by atoms with E-state index < -0.39 is 18.6 Å². The Morgan fingerprint density at radius 3 is 2.67 bits per heavy atom. The molecule has 0 unspecified atom stereocenters. The van der Waals surface area contributed by atoms with Gasteiger partial charge in [0.15, 0.2) is 0 Å². The molecule has 100 valence electrons. The van der Waals surface area contributed by atoms with E-state index in [2.05, 4.69) is 4.74 Å². The molecular weight excluding hydrogens is 244 g/mol. The van der Waals surface area contributed by atoms with Gasteiger partial charge in [-0.3, -0.25) is 4.79 Å². The maximum atomic E-state index is 12.2. The highest BCUT2D eigenvalue weighted by atomic mass is 19.3. The summed E-state index contributed by atoms with van der Waals surface area (Å²) in [5.41, 5.74) is 6.13. The highest BCUT2D eigenvalue weighted by molar-refractivity contribution is 5.70. The van der Waals surface area contributed by atoms with Crippen LogP contribution in [-0.4, -0.2) is 19.2 Å². The van der Waals surface area contributed by atoms with Gasteiger partial charge in [0.2, 0.25) is 0 Å². The van der Waals surface area contributed by atoms with E-state index in [0.29, 0.717) is 5.56 Å². The Hall–Kier alpha value is -1.69. The zero-order valence-corrected chi connectivity index (χ0v) is 9.94. The fourth-order valence-corrected chi connectivity index (χ4v) is 1.50. The minimum Gasteiger partial charge on any atom is -0.466 e. The molecule has 0 saturated carbocycles. The van der Waals surface area contributed by atoms with Crippen molar-refractivity contribution in [2.75, 3.05) is 6.61 Å². The van der Waals surface area contributed by atoms with Crippen molar-refractivity contribution in [3.05, 3.63) is 29.8 Å². The quantitative estimate of drug-likeness (QED) is 0.796. The first-order valence-corrected chi connectivity index (χ1v) is 5.49. The van der Waals surface area contributed by atoms with E-state index in [1.807, 2.05) is 0 Å². The Labute approximate surface area is 104 Å². The van der Waals surface area contributed by atoms with E-state index in [0.717, 1.165) is 0 Å². The molecule has 0 aliphatic heterocycles. The van der Waals surface area contributed by atoms with Crippen LogP contribution in [0, 0.1) is 0 Å². The van der Waals surface area contributed by atoms with E-state index >= 15 is 0 Å². The lowest BCUT2D eigenvalue weighted by molar-refractivity contribution is -0.143. The molecule has 1 aromatic carbocycles. The summed E-state index contributed by atoms with van der Waals surface area (Å²) in [6, 6.07) is 5.38. The lowest BCUT2D eigenvalue weighted by atomic mass is 10.0. The normalized spacial score (nSPS) is 12.3. The van der Waals surface area contributed by atoms with Gasteiger partial charge < -0.3 is 15.2 Å². The minimum atomic E-state index is -2.93. The first-order chi connectivity index (χ1) is 8.54. The number of ether oxygens (including phenoxy) is 2. The van der Waals surface area contributed by atoms with E-state index in [9.17, 15) is 13.6 Å². The molecule has 0 aliphatic rings. The highest BCUT2D eigenvalue weighted by Gasteiger charge is 2.18. The van der Waals surface area contributed by atoms with Gasteiger partial charge in [-0.2, -0.15) is 8.78 Å². The van der Waals surface area contributed by atoms with Crippen LogP contribution in [0.3, 0.4) is 0 Å². The third-order valence-electron chi connectivity index (χ3n) is 2.23. The number of carbonyl (C=O) groups is 1. The molecule has 1 atom stereocenters. The second-order valence-electron chi connectivity index (χ2n) is 3.53. The number of carbonyl (C=O) groups excluding carboxylic acids is 1. The molecular formula is C12H15F2NO3. The molecule has 4 nitrogen and oxygen atoms in total. The zero-order chi connectivity index (χ0) is 13.5. The number of rotatable bonds is 6. The molecule has 6 heteroatoms. The summed E-state index contributed by atoms with van der Waals surface area (Å²) >= 11 is 0. The van der Waals surface area contributed by atoms with Gasteiger partial charge in [0, 0.05) is 11.6 Å². The number of alkyl halides is 2. The van der Waals surface area contributed by atoms with Gasteiger partial charge in [0.25, 0.3) is 0 Å². The van der Waals surface area contributed by atoms with Crippen LogP contribution in [0.4, 0.5) is 8.78 Å². The first-order valence-electron chi connectivity index (χ1n) is 5.49. The summed E-state index contributed by atoms with van der Waals surface area (Å²) in [5, 5.41) is 0. The molecule has 0 bridgehead atoms. The molecule has 1 aromatic rings. The standard InChI is InChI=1S/C12H15F2NO3/c1-2-17-11(16)7-9(15)8-5-3-4-6-10(8)18-12(13)14/h3-6,9,12H,2,7,15H2,1H3/t9-/m1/s1. The van der Waals surface area contributed by atoms with E-state index in [1.165, 1.54) is 6.07 Å². The number of halogens is 2. The van der Waals surface area contributed by atoms with Gasteiger partial charge >= 0.3 is 12.6 Å². The molecule has 0 amide bonds. The van der Waals surface area contributed by atoms with Crippen LogP contribution < -0.4 is 10.5 Å².